The van der Waals surface area contributed by atoms with Crippen molar-refractivity contribution >= 4 is 11.6 Å². The van der Waals surface area contributed by atoms with Crippen LogP contribution in [-0.4, -0.2) is 25.9 Å². The van der Waals surface area contributed by atoms with E-state index in [1.165, 1.54) is 0 Å². The van der Waals surface area contributed by atoms with Crippen LogP contribution in [0.3, 0.4) is 0 Å². The highest BCUT2D eigenvalue weighted by Gasteiger charge is 2.23. The predicted octanol–water partition coefficient (Wildman–Crippen LogP) is 2.75. The van der Waals surface area contributed by atoms with Crippen molar-refractivity contribution in [3.05, 3.63) is 22.7 Å². The van der Waals surface area contributed by atoms with Gasteiger partial charge in [0.25, 0.3) is 0 Å². The highest BCUT2D eigenvalue weighted by atomic mass is 35.5. The SMILES string of the molecule is COc1cc(CN)cc(Cl)c1OCC1CCC(C)O1. The molecule has 1 aromatic rings. The van der Waals surface area contributed by atoms with E-state index in [4.69, 9.17) is 31.5 Å². The molecule has 2 N–H and O–H groups in total. The third-order valence-corrected chi connectivity index (χ3v) is 3.54. The Labute approximate surface area is 118 Å². The van der Waals surface area contributed by atoms with Crippen molar-refractivity contribution in [3.63, 3.8) is 0 Å². The molecule has 1 heterocycles. The lowest BCUT2D eigenvalue weighted by Gasteiger charge is -2.16. The van der Waals surface area contributed by atoms with Gasteiger partial charge >= 0.3 is 0 Å². The molecular formula is C14H20ClNO3. The fourth-order valence-corrected chi connectivity index (χ4v) is 2.50. The third kappa shape index (κ3) is 3.53. The number of nitrogens with two attached hydrogens (primary N) is 1. The molecule has 2 atom stereocenters. The second-order valence-corrected chi connectivity index (χ2v) is 5.18. The number of methoxy groups -OCH3 is 1. The van der Waals surface area contributed by atoms with Gasteiger partial charge in [-0.15, -0.1) is 0 Å². The lowest BCUT2D eigenvalue weighted by molar-refractivity contribution is 0.0259. The lowest BCUT2D eigenvalue weighted by Crippen LogP contribution is -2.18. The summed E-state index contributed by atoms with van der Waals surface area (Å²) in [6.07, 6.45) is 2.53. The fraction of sp³-hybridized carbons (Fsp3) is 0.571. The Morgan fingerprint density at radius 3 is 2.79 bits per heavy atom. The lowest BCUT2D eigenvalue weighted by atomic mass is 10.2. The Balaban J connectivity index is 2.06. The zero-order valence-electron chi connectivity index (χ0n) is 11.3. The Bertz CT molecular complexity index is 439. The normalized spacial score (nSPS) is 22.5. The molecule has 106 valence electrons. The minimum absolute atomic E-state index is 0.130. The van der Waals surface area contributed by atoms with Gasteiger partial charge < -0.3 is 19.9 Å². The number of ether oxygens (including phenoxy) is 3. The van der Waals surface area contributed by atoms with E-state index >= 15 is 0 Å². The molecule has 1 aliphatic heterocycles. The van der Waals surface area contributed by atoms with Crippen molar-refractivity contribution in [2.75, 3.05) is 13.7 Å². The van der Waals surface area contributed by atoms with Gasteiger partial charge in [-0.2, -0.15) is 0 Å². The van der Waals surface area contributed by atoms with E-state index in [9.17, 15) is 0 Å². The molecule has 1 aliphatic rings. The highest BCUT2D eigenvalue weighted by Crippen LogP contribution is 2.36. The Morgan fingerprint density at radius 2 is 2.21 bits per heavy atom. The summed E-state index contributed by atoms with van der Waals surface area (Å²) in [5, 5.41) is 0.519. The Hall–Kier alpha value is -0.970. The summed E-state index contributed by atoms with van der Waals surface area (Å²) in [5.41, 5.74) is 6.52. The zero-order valence-corrected chi connectivity index (χ0v) is 12.1. The van der Waals surface area contributed by atoms with E-state index in [-0.39, 0.29) is 6.10 Å². The van der Waals surface area contributed by atoms with Gasteiger partial charge in [0, 0.05) is 6.54 Å². The van der Waals surface area contributed by atoms with Gasteiger partial charge in [-0.05, 0) is 37.5 Å². The molecule has 19 heavy (non-hydrogen) atoms. The smallest absolute Gasteiger partial charge is 0.179 e. The summed E-state index contributed by atoms with van der Waals surface area (Å²) in [6, 6.07) is 3.65. The number of benzene rings is 1. The molecule has 1 saturated heterocycles. The Kier molecular flexibility index (Phi) is 4.91. The van der Waals surface area contributed by atoms with Crippen LogP contribution in [0.2, 0.25) is 5.02 Å². The van der Waals surface area contributed by atoms with E-state index in [0.29, 0.717) is 35.8 Å². The van der Waals surface area contributed by atoms with Gasteiger partial charge in [0.15, 0.2) is 11.5 Å². The first-order valence-electron chi connectivity index (χ1n) is 6.48. The van der Waals surface area contributed by atoms with E-state index < -0.39 is 0 Å². The molecule has 1 fully saturated rings. The van der Waals surface area contributed by atoms with E-state index in [2.05, 4.69) is 6.92 Å². The predicted molar refractivity (Wildman–Crippen MR) is 75.0 cm³/mol. The van der Waals surface area contributed by atoms with Crippen molar-refractivity contribution in [3.8, 4) is 11.5 Å². The molecule has 0 saturated carbocycles. The highest BCUT2D eigenvalue weighted by molar-refractivity contribution is 6.32. The van der Waals surface area contributed by atoms with Gasteiger partial charge in [0.05, 0.1) is 24.3 Å². The minimum Gasteiger partial charge on any atom is -0.493 e. The van der Waals surface area contributed by atoms with Crippen LogP contribution in [0.4, 0.5) is 0 Å². The molecule has 1 aromatic carbocycles. The summed E-state index contributed by atoms with van der Waals surface area (Å²) >= 11 is 6.20. The van der Waals surface area contributed by atoms with Gasteiger partial charge in [0.2, 0.25) is 0 Å². The van der Waals surface area contributed by atoms with Crippen LogP contribution < -0.4 is 15.2 Å². The summed E-state index contributed by atoms with van der Waals surface area (Å²) in [5.74, 6) is 1.17. The van der Waals surface area contributed by atoms with Crippen LogP contribution in [0.1, 0.15) is 25.3 Å². The first-order chi connectivity index (χ1) is 9.13. The van der Waals surface area contributed by atoms with Crippen LogP contribution in [0.5, 0.6) is 11.5 Å². The molecule has 0 amide bonds. The number of hydrogen-bond acceptors (Lipinski definition) is 4. The monoisotopic (exact) mass is 285 g/mol. The maximum absolute atomic E-state index is 6.20. The first-order valence-corrected chi connectivity index (χ1v) is 6.86. The molecule has 0 aliphatic carbocycles. The Morgan fingerprint density at radius 1 is 1.42 bits per heavy atom. The molecule has 0 radical (unpaired) electrons. The topological polar surface area (TPSA) is 53.7 Å². The van der Waals surface area contributed by atoms with Gasteiger partial charge in [-0.1, -0.05) is 11.6 Å². The van der Waals surface area contributed by atoms with Crippen LogP contribution in [0.25, 0.3) is 0 Å². The molecule has 0 aromatic heterocycles. The summed E-state index contributed by atoms with van der Waals surface area (Å²) < 4.78 is 16.8. The van der Waals surface area contributed by atoms with Crippen molar-refractivity contribution in [2.45, 2.75) is 38.5 Å². The number of halogens is 1. The number of hydrogen-bond donors (Lipinski definition) is 1. The maximum Gasteiger partial charge on any atom is 0.179 e. The average molecular weight is 286 g/mol. The van der Waals surface area contributed by atoms with Gasteiger partial charge in [-0.25, -0.2) is 0 Å². The van der Waals surface area contributed by atoms with Gasteiger partial charge in [-0.3, -0.25) is 0 Å². The average Bonchev–Trinajstić information content (AvgIpc) is 2.82. The molecule has 2 rings (SSSR count). The summed E-state index contributed by atoms with van der Waals surface area (Å²) in [4.78, 5) is 0. The van der Waals surface area contributed by atoms with Crippen LogP contribution >= 0.6 is 11.6 Å². The van der Waals surface area contributed by atoms with Crippen LogP contribution in [-0.2, 0) is 11.3 Å². The molecule has 4 nitrogen and oxygen atoms in total. The van der Waals surface area contributed by atoms with Crippen LogP contribution in [0, 0.1) is 0 Å². The molecule has 0 spiro atoms. The molecular weight excluding hydrogens is 266 g/mol. The largest absolute Gasteiger partial charge is 0.493 e. The maximum atomic E-state index is 6.20. The molecule has 5 heteroatoms. The van der Waals surface area contributed by atoms with Crippen molar-refractivity contribution < 1.29 is 14.2 Å². The fourth-order valence-electron chi connectivity index (χ4n) is 2.22. The minimum atomic E-state index is 0.130. The first kappa shape index (κ1) is 14.4. The van der Waals surface area contributed by atoms with Crippen LogP contribution in [0.15, 0.2) is 12.1 Å². The van der Waals surface area contributed by atoms with Gasteiger partial charge in [0.1, 0.15) is 6.61 Å². The number of rotatable bonds is 5. The van der Waals surface area contributed by atoms with E-state index in [0.717, 1.165) is 18.4 Å². The van der Waals surface area contributed by atoms with E-state index in [1.54, 1.807) is 13.2 Å². The third-order valence-electron chi connectivity index (χ3n) is 3.26. The van der Waals surface area contributed by atoms with Crippen molar-refractivity contribution in [1.29, 1.82) is 0 Å². The summed E-state index contributed by atoms with van der Waals surface area (Å²) in [6.45, 7) is 2.98. The molecule has 2 unspecified atom stereocenters. The quantitative estimate of drug-likeness (QED) is 0.904. The standard InChI is InChI=1S/C14H20ClNO3/c1-9-3-4-11(19-9)8-18-14-12(15)5-10(7-16)6-13(14)17-2/h5-6,9,11H,3-4,7-8,16H2,1-2H3. The second-order valence-electron chi connectivity index (χ2n) is 4.77. The second kappa shape index (κ2) is 6.46. The van der Waals surface area contributed by atoms with Crippen molar-refractivity contribution in [2.24, 2.45) is 5.73 Å². The summed E-state index contributed by atoms with van der Waals surface area (Å²) in [7, 11) is 1.59. The van der Waals surface area contributed by atoms with Crippen molar-refractivity contribution in [1.82, 2.24) is 0 Å². The molecule has 0 bridgehead atoms. The van der Waals surface area contributed by atoms with E-state index in [1.807, 2.05) is 6.07 Å². The zero-order chi connectivity index (χ0) is 13.8.